The number of benzene rings is 2. The SMILES string of the molecule is COc1ccccc1NC(=O)N1CCC2(CC1)CCN(C(=O)c1ccc(NC(C)=O)c(NC(C)=O)c1)C2. The molecule has 37 heavy (non-hydrogen) atoms. The van der Waals surface area contributed by atoms with Gasteiger partial charge >= 0.3 is 6.03 Å². The van der Waals surface area contributed by atoms with Crippen LogP contribution in [-0.4, -0.2) is 66.8 Å². The van der Waals surface area contributed by atoms with Crippen LogP contribution in [0.25, 0.3) is 0 Å². The average Bonchev–Trinajstić information content (AvgIpc) is 3.28. The van der Waals surface area contributed by atoms with Gasteiger partial charge in [-0.2, -0.15) is 0 Å². The number of nitrogens with one attached hydrogen (secondary N) is 3. The van der Waals surface area contributed by atoms with Gasteiger partial charge < -0.3 is 30.5 Å². The molecule has 0 atom stereocenters. The first-order valence-corrected chi connectivity index (χ1v) is 12.4. The molecule has 3 N–H and O–H groups in total. The smallest absolute Gasteiger partial charge is 0.321 e. The number of hydrogen-bond donors (Lipinski definition) is 3. The van der Waals surface area contributed by atoms with E-state index < -0.39 is 0 Å². The summed E-state index contributed by atoms with van der Waals surface area (Å²) < 4.78 is 5.32. The van der Waals surface area contributed by atoms with Crippen molar-refractivity contribution in [3.05, 3.63) is 48.0 Å². The number of likely N-dealkylation sites (tertiary alicyclic amines) is 2. The number of carbonyl (C=O) groups is 4. The summed E-state index contributed by atoms with van der Waals surface area (Å²) in [6.07, 6.45) is 2.51. The van der Waals surface area contributed by atoms with E-state index in [0.29, 0.717) is 54.6 Å². The Labute approximate surface area is 216 Å². The predicted molar refractivity (Wildman–Crippen MR) is 141 cm³/mol. The van der Waals surface area contributed by atoms with Gasteiger partial charge in [-0.15, -0.1) is 0 Å². The van der Waals surface area contributed by atoms with Gasteiger partial charge in [-0.25, -0.2) is 4.79 Å². The van der Waals surface area contributed by atoms with Gasteiger partial charge in [-0.3, -0.25) is 14.4 Å². The van der Waals surface area contributed by atoms with E-state index >= 15 is 0 Å². The Bertz CT molecular complexity index is 1210. The van der Waals surface area contributed by atoms with Crippen molar-refractivity contribution in [1.29, 1.82) is 0 Å². The van der Waals surface area contributed by atoms with Crippen molar-refractivity contribution < 1.29 is 23.9 Å². The highest BCUT2D eigenvalue weighted by Crippen LogP contribution is 2.41. The molecular weight excluding hydrogens is 474 g/mol. The fourth-order valence-corrected chi connectivity index (χ4v) is 5.09. The van der Waals surface area contributed by atoms with Crippen molar-refractivity contribution in [2.24, 2.45) is 5.41 Å². The number of rotatable bonds is 5. The van der Waals surface area contributed by atoms with Gasteiger partial charge in [0.2, 0.25) is 11.8 Å². The maximum Gasteiger partial charge on any atom is 0.321 e. The number of carbonyl (C=O) groups excluding carboxylic acids is 4. The predicted octanol–water partition coefficient (Wildman–Crippen LogP) is 3.77. The number of ether oxygens (including phenoxy) is 1. The lowest BCUT2D eigenvalue weighted by molar-refractivity contribution is -0.115. The van der Waals surface area contributed by atoms with E-state index in [9.17, 15) is 19.2 Å². The zero-order valence-electron chi connectivity index (χ0n) is 21.4. The number of hydrogen-bond acceptors (Lipinski definition) is 5. The monoisotopic (exact) mass is 507 g/mol. The fourth-order valence-electron chi connectivity index (χ4n) is 5.09. The molecule has 2 fully saturated rings. The van der Waals surface area contributed by atoms with Gasteiger partial charge in [-0.05, 0) is 55.0 Å². The molecule has 2 heterocycles. The summed E-state index contributed by atoms with van der Waals surface area (Å²) in [5.41, 5.74) is 1.89. The third kappa shape index (κ3) is 6.02. The van der Waals surface area contributed by atoms with Crippen molar-refractivity contribution in [2.45, 2.75) is 33.1 Å². The first-order valence-electron chi connectivity index (χ1n) is 12.4. The standard InChI is InChI=1S/C27H33N5O5/c1-18(33)28-21-9-8-20(16-23(21)29-19(2)34)25(35)32-15-12-27(17-32)10-13-31(14-11-27)26(36)30-22-6-4-5-7-24(22)37-3/h4-9,16H,10-15,17H2,1-3H3,(H,28,33)(H,29,34)(H,30,36). The molecule has 0 radical (unpaired) electrons. The topological polar surface area (TPSA) is 120 Å². The van der Waals surface area contributed by atoms with Gasteiger partial charge in [0.15, 0.2) is 0 Å². The molecule has 4 rings (SSSR count). The van der Waals surface area contributed by atoms with E-state index in [1.165, 1.54) is 13.8 Å². The molecule has 2 aromatic carbocycles. The van der Waals surface area contributed by atoms with Crippen LogP contribution in [0, 0.1) is 5.41 Å². The first kappa shape index (κ1) is 26.0. The van der Waals surface area contributed by atoms with Gasteiger partial charge in [-0.1, -0.05) is 12.1 Å². The molecule has 0 saturated carbocycles. The number of nitrogens with zero attached hydrogens (tertiary/aromatic N) is 2. The Balaban J connectivity index is 1.37. The van der Waals surface area contributed by atoms with Crippen LogP contribution in [0.1, 0.15) is 43.5 Å². The van der Waals surface area contributed by atoms with Gasteiger partial charge in [0.1, 0.15) is 5.75 Å². The minimum absolute atomic E-state index is 0.0204. The number of amides is 5. The molecule has 10 nitrogen and oxygen atoms in total. The van der Waals surface area contributed by atoms with Crippen molar-refractivity contribution in [2.75, 3.05) is 49.2 Å². The molecule has 0 unspecified atom stereocenters. The third-order valence-electron chi connectivity index (χ3n) is 7.07. The Hall–Kier alpha value is -4.08. The highest BCUT2D eigenvalue weighted by atomic mass is 16.5. The van der Waals surface area contributed by atoms with Crippen molar-refractivity contribution >= 4 is 40.8 Å². The lowest BCUT2D eigenvalue weighted by Crippen LogP contribution is -2.46. The lowest BCUT2D eigenvalue weighted by Gasteiger charge is -2.39. The average molecular weight is 508 g/mol. The van der Waals surface area contributed by atoms with E-state index in [-0.39, 0.29) is 29.2 Å². The van der Waals surface area contributed by atoms with E-state index in [4.69, 9.17) is 4.74 Å². The summed E-state index contributed by atoms with van der Waals surface area (Å²) in [5.74, 6) is -0.0665. The second-order valence-corrected chi connectivity index (χ2v) is 9.72. The maximum absolute atomic E-state index is 13.3. The quantitative estimate of drug-likeness (QED) is 0.569. The fraction of sp³-hybridized carbons (Fsp3) is 0.407. The normalized spacial score (nSPS) is 16.3. The molecule has 1 spiro atoms. The van der Waals surface area contributed by atoms with Crippen LogP contribution in [-0.2, 0) is 9.59 Å². The summed E-state index contributed by atoms with van der Waals surface area (Å²) in [7, 11) is 1.57. The Morgan fingerprint density at radius 3 is 2.05 bits per heavy atom. The highest BCUT2D eigenvalue weighted by Gasteiger charge is 2.43. The molecule has 2 saturated heterocycles. The largest absolute Gasteiger partial charge is 0.495 e. The summed E-state index contributed by atoms with van der Waals surface area (Å²) in [5, 5.41) is 8.29. The van der Waals surface area contributed by atoms with Crippen LogP contribution >= 0.6 is 0 Å². The van der Waals surface area contributed by atoms with Crippen LogP contribution in [0.4, 0.5) is 21.9 Å². The number of piperidine rings is 1. The van der Waals surface area contributed by atoms with E-state index in [2.05, 4.69) is 16.0 Å². The minimum Gasteiger partial charge on any atom is -0.495 e. The number of para-hydroxylation sites is 2. The summed E-state index contributed by atoms with van der Waals surface area (Å²) in [6, 6.07) is 12.0. The number of methoxy groups -OCH3 is 1. The molecule has 2 aliphatic rings. The zero-order chi connectivity index (χ0) is 26.6. The van der Waals surface area contributed by atoms with E-state index in [0.717, 1.165) is 19.3 Å². The van der Waals surface area contributed by atoms with Gasteiger partial charge in [0, 0.05) is 45.6 Å². The summed E-state index contributed by atoms with van der Waals surface area (Å²) >= 11 is 0. The summed E-state index contributed by atoms with van der Waals surface area (Å²) in [6.45, 7) is 5.24. The molecular formula is C27H33N5O5. The zero-order valence-corrected chi connectivity index (χ0v) is 21.4. The molecule has 5 amide bonds. The highest BCUT2D eigenvalue weighted by molar-refractivity contribution is 6.02. The van der Waals surface area contributed by atoms with Crippen LogP contribution in [0.3, 0.4) is 0 Å². The van der Waals surface area contributed by atoms with Crippen LogP contribution in [0.2, 0.25) is 0 Å². The molecule has 0 bridgehead atoms. The molecule has 2 aromatic rings. The second-order valence-electron chi connectivity index (χ2n) is 9.72. The molecule has 2 aliphatic heterocycles. The molecule has 0 aromatic heterocycles. The van der Waals surface area contributed by atoms with E-state index in [1.54, 1.807) is 31.4 Å². The van der Waals surface area contributed by atoms with Crippen LogP contribution in [0.5, 0.6) is 5.75 Å². The Morgan fingerprint density at radius 2 is 1.41 bits per heavy atom. The first-order chi connectivity index (χ1) is 17.7. The number of urea groups is 1. The van der Waals surface area contributed by atoms with Crippen LogP contribution < -0.4 is 20.7 Å². The molecule has 10 heteroatoms. The van der Waals surface area contributed by atoms with Crippen molar-refractivity contribution in [3.63, 3.8) is 0 Å². The van der Waals surface area contributed by atoms with Gasteiger partial charge in [0.25, 0.3) is 5.91 Å². The summed E-state index contributed by atoms with van der Waals surface area (Å²) in [4.78, 5) is 53.0. The Morgan fingerprint density at radius 1 is 0.784 bits per heavy atom. The van der Waals surface area contributed by atoms with Crippen molar-refractivity contribution in [1.82, 2.24) is 9.80 Å². The number of anilines is 3. The van der Waals surface area contributed by atoms with Crippen molar-refractivity contribution in [3.8, 4) is 5.75 Å². The maximum atomic E-state index is 13.3. The third-order valence-corrected chi connectivity index (χ3v) is 7.07. The Kier molecular flexibility index (Phi) is 7.66. The van der Waals surface area contributed by atoms with E-state index in [1.807, 2.05) is 28.0 Å². The van der Waals surface area contributed by atoms with Gasteiger partial charge in [0.05, 0.1) is 24.2 Å². The minimum atomic E-state index is -0.294. The van der Waals surface area contributed by atoms with Crippen LogP contribution in [0.15, 0.2) is 42.5 Å². The second kappa shape index (κ2) is 10.9. The molecule has 196 valence electrons. The lowest BCUT2D eigenvalue weighted by atomic mass is 9.78. The molecule has 0 aliphatic carbocycles.